The molecular formula is C22H24F6N4O5S. The minimum absolute atomic E-state index is 0.805. The van der Waals surface area contributed by atoms with Gasteiger partial charge in [0, 0.05) is 32.4 Å². The van der Waals surface area contributed by atoms with Crippen LogP contribution in [0, 0.1) is 0 Å². The van der Waals surface area contributed by atoms with Gasteiger partial charge >= 0.3 is 24.3 Å². The molecule has 38 heavy (non-hydrogen) atoms. The van der Waals surface area contributed by atoms with E-state index in [-0.39, 0.29) is 0 Å². The first-order valence-electron chi connectivity index (χ1n) is 10.7. The van der Waals surface area contributed by atoms with Crippen molar-refractivity contribution in [3.05, 3.63) is 64.3 Å². The fraction of sp³-hybridized carbons (Fsp3) is 0.409. The topological polar surface area (TPSA) is 112 Å². The molecule has 0 aliphatic carbocycles. The van der Waals surface area contributed by atoms with Gasteiger partial charge in [-0.15, -0.1) is 0 Å². The third-order valence-electron chi connectivity index (χ3n) is 4.84. The maximum atomic E-state index is 10.6. The zero-order valence-corrected chi connectivity index (χ0v) is 20.7. The van der Waals surface area contributed by atoms with Crippen molar-refractivity contribution in [3.8, 4) is 0 Å². The first-order chi connectivity index (χ1) is 17.6. The summed E-state index contributed by atoms with van der Waals surface area (Å²) in [6.45, 7) is 5.70. The number of alkyl halides is 6. The summed E-state index contributed by atoms with van der Waals surface area (Å²) in [5.41, 5.74) is 2.54. The smallest absolute Gasteiger partial charge is 0.475 e. The van der Waals surface area contributed by atoms with E-state index < -0.39 is 24.3 Å². The maximum absolute atomic E-state index is 10.6. The first-order valence-corrected chi connectivity index (χ1v) is 11.7. The molecule has 0 saturated heterocycles. The normalized spacial score (nSPS) is 13.7. The van der Waals surface area contributed by atoms with Gasteiger partial charge in [-0.1, -0.05) is 0 Å². The second-order valence-corrected chi connectivity index (χ2v) is 8.82. The molecule has 1 aliphatic heterocycles. The minimum atomic E-state index is -5.08. The van der Waals surface area contributed by atoms with Crippen molar-refractivity contribution in [2.45, 2.75) is 45.1 Å². The van der Waals surface area contributed by atoms with E-state index in [4.69, 9.17) is 29.2 Å². The molecule has 210 valence electrons. The Morgan fingerprint density at radius 3 is 2.21 bits per heavy atom. The third kappa shape index (κ3) is 10.5. The van der Waals surface area contributed by atoms with Crippen molar-refractivity contribution >= 4 is 23.3 Å². The largest absolute Gasteiger partial charge is 0.490 e. The number of aliphatic carboxylic acids is 2. The predicted octanol–water partition coefficient (Wildman–Crippen LogP) is 4.45. The molecule has 4 heterocycles. The highest BCUT2D eigenvalue weighted by atomic mass is 32.1. The third-order valence-corrected chi connectivity index (χ3v) is 5.57. The van der Waals surface area contributed by atoms with E-state index in [2.05, 4.69) is 44.4 Å². The number of nitrogens with zero attached hydrogens (tertiary/aromatic N) is 4. The molecule has 2 N–H and O–H groups in total. The Hall–Kier alpha value is -3.37. The van der Waals surface area contributed by atoms with Crippen LogP contribution in [0.2, 0.25) is 0 Å². The van der Waals surface area contributed by atoms with Gasteiger partial charge in [0.1, 0.15) is 11.6 Å². The standard InChI is InChI=1S/C18H22N4OS.2C2HF3O2/c1-20(12-17-3-2-7-23-17)10-16-11-22-6-5-21(13-18(22)19-16)9-15-4-8-24-14-15;2*3-2(4,5)1(6)7/h2-4,7-8,11,14H,5-6,9-10,12-13H2,1H3;2*(H,6,7). The van der Waals surface area contributed by atoms with Gasteiger partial charge in [0.25, 0.3) is 0 Å². The minimum Gasteiger partial charge on any atom is -0.475 e. The Bertz CT molecular complexity index is 1120. The SMILES string of the molecule is CN(Cc1cn2c(n1)CN(Cc1ccsc1)CC2)Cc1ccco1.O=C(O)C(F)(F)F.O=C(O)C(F)(F)F. The highest BCUT2D eigenvalue weighted by Gasteiger charge is 2.38. The van der Waals surface area contributed by atoms with Crippen molar-refractivity contribution in [1.29, 1.82) is 0 Å². The molecule has 3 aromatic rings. The molecule has 0 fully saturated rings. The van der Waals surface area contributed by atoms with E-state index in [0.717, 1.165) is 50.7 Å². The van der Waals surface area contributed by atoms with Crippen molar-refractivity contribution in [1.82, 2.24) is 19.4 Å². The zero-order valence-electron chi connectivity index (χ0n) is 19.9. The number of halogens is 6. The van der Waals surface area contributed by atoms with Crippen LogP contribution in [0.3, 0.4) is 0 Å². The fourth-order valence-corrected chi connectivity index (χ4v) is 3.87. The Balaban J connectivity index is 0.000000301. The highest BCUT2D eigenvalue weighted by Crippen LogP contribution is 2.18. The molecule has 0 aromatic carbocycles. The van der Waals surface area contributed by atoms with E-state index >= 15 is 0 Å². The molecule has 4 rings (SSSR count). The number of carboxylic acid groups (broad SMARTS) is 2. The van der Waals surface area contributed by atoms with E-state index in [1.165, 1.54) is 11.4 Å². The lowest BCUT2D eigenvalue weighted by Gasteiger charge is -2.27. The Kier molecular flexibility index (Phi) is 10.9. The number of rotatable bonds is 6. The summed E-state index contributed by atoms with van der Waals surface area (Å²) < 4.78 is 71.2. The Labute approximate surface area is 216 Å². The number of carbonyl (C=O) groups is 2. The maximum Gasteiger partial charge on any atom is 0.490 e. The van der Waals surface area contributed by atoms with Gasteiger partial charge in [0.05, 0.1) is 25.0 Å². The molecule has 9 nitrogen and oxygen atoms in total. The number of hydrogen-bond donors (Lipinski definition) is 2. The monoisotopic (exact) mass is 570 g/mol. The van der Waals surface area contributed by atoms with Crippen LogP contribution in [-0.4, -0.2) is 67.4 Å². The van der Waals surface area contributed by atoms with Crippen LogP contribution < -0.4 is 0 Å². The van der Waals surface area contributed by atoms with Crippen LogP contribution in [0.5, 0.6) is 0 Å². The summed E-state index contributed by atoms with van der Waals surface area (Å²) in [6, 6.07) is 6.15. The molecule has 0 unspecified atom stereocenters. The molecule has 16 heteroatoms. The molecule has 3 aromatic heterocycles. The predicted molar refractivity (Wildman–Crippen MR) is 122 cm³/mol. The fourth-order valence-electron chi connectivity index (χ4n) is 3.21. The lowest BCUT2D eigenvalue weighted by molar-refractivity contribution is -0.193. The van der Waals surface area contributed by atoms with Gasteiger partial charge in [-0.05, 0) is 41.6 Å². The second-order valence-electron chi connectivity index (χ2n) is 8.04. The van der Waals surface area contributed by atoms with Gasteiger partial charge in [-0.25, -0.2) is 14.6 Å². The summed E-state index contributed by atoms with van der Waals surface area (Å²) in [6.07, 6.45) is -6.24. The van der Waals surface area contributed by atoms with Crippen molar-refractivity contribution in [3.63, 3.8) is 0 Å². The van der Waals surface area contributed by atoms with Crippen LogP contribution in [0.1, 0.15) is 22.8 Å². The molecule has 0 atom stereocenters. The molecular weight excluding hydrogens is 546 g/mol. The number of imidazole rings is 1. The van der Waals surface area contributed by atoms with Crippen LogP contribution >= 0.6 is 11.3 Å². The summed E-state index contributed by atoms with van der Waals surface area (Å²) in [4.78, 5) is 27.3. The highest BCUT2D eigenvalue weighted by molar-refractivity contribution is 7.07. The Morgan fingerprint density at radius 1 is 1.08 bits per heavy atom. The van der Waals surface area contributed by atoms with Crippen molar-refractivity contribution in [2.24, 2.45) is 0 Å². The van der Waals surface area contributed by atoms with Crippen LogP contribution in [0.25, 0.3) is 0 Å². The van der Waals surface area contributed by atoms with Gasteiger partial charge in [-0.2, -0.15) is 37.7 Å². The van der Waals surface area contributed by atoms with Gasteiger partial charge in [0.2, 0.25) is 0 Å². The molecule has 0 radical (unpaired) electrons. The summed E-state index contributed by atoms with van der Waals surface area (Å²) in [7, 11) is 2.10. The first kappa shape index (κ1) is 30.9. The molecule has 0 amide bonds. The summed E-state index contributed by atoms with van der Waals surface area (Å²) in [5, 5.41) is 18.6. The lowest BCUT2D eigenvalue weighted by Crippen LogP contribution is -2.33. The van der Waals surface area contributed by atoms with E-state index in [0.29, 0.717) is 0 Å². The average Bonchev–Trinajstić information content (AvgIpc) is 3.55. The average molecular weight is 571 g/mol. The zero-order chi connectivity index (χ0) is 28.5. The quantitative estimate of drug-likeness (QED) is 0.418. The van der Waals surface area contributed by atoms with Gasteiger partial charge in [0.15, 0.2) is 0 Å². The number of hydrogen-bond acceptors (Lipinski definition) is 7. The molecule has 0 spiro atoms. The van der Waals surface area contributed by atoms with Gasteiger partial charge < -0.3 is 19.2 Å². The van der Waals surface area contributed by atoms with E-state index in [9.17, 15) is 26.3 Å². The molecule has 0 bridgehead atoms. The second kappa shape index (κ2) is 13.4. The molecule has 1 aliphatic rings. The number of carboxylic acids is 2. The summed E-state index contributed by atoms with van der Waals surface area (Å²) in [5.74, 6) is -3.35. The Morgan fingerprint density at radius 2 is 1.71 bits per heavy atom. The van der Waals surface area contributed by atoms with Crippen molar-refractivity contribution < 1.29 is 50.6 Å². The number of aromatic nitrogens is 2. The van der Waals surface area contributed by atoms with Crippen LogP contribution in [-0.2, 0) is 42.3 Å². The number of furan rings is 1. The lowest BCUT2D eigenvalue weighted by atomic mass is 10.3. The number of fused-ring (bicyclic) bond motifs is 1. The van der Waals surface area contributed by atoms with Crippen LogP contribution in [0.4, 0.5) is 26.3 Å². The van der Waals surface area contributed by atoms with E-state index in [1.807, 2.05) is 12.1 Å². The van der Waals surface area contributed by atoms with Crippen molar-refractivity contribution in [2.75, 3.05) is 13.6 Å². The number of thiophene rings is 1. The van der Waals surface area contributed by atoms with Crippen LogP contribution in [0.15, 0.2) is 45.8 Å². The van der Waals surface area contributed by atoms with E-state index in [1.54, 1.807) is 17.6 Å². The van der Waals surface area contributed by atoms with Gasteiger partial charge in [-0.3, -0.25) is 9.80 Å². The molecule has 0 saturated carbocycles. The summed E-state index contributed by atoms with van der Waals surface area (Å²) >= 11 is 1.77.